The third kappa shape index (κ3) is 6.98. The average Bonchev–Trinajstić information content (AvgIpc) is 3.40. The quantitative estimate of drug-likeness (QED) is 0.266. The number of sulfone groups is 1. The van der Waals surface area contributed by atoms with E-state index in [9.17, 15) is 22.4 Å². The van der Waals surface area contributed by atoms with E-state index < -0.39 is 16.0 Å². The molecule has 1 saturated heterocycles. The average molecular weight is 648 g/mol. The van der Waals surface area contributed by atoms with Crippen LogP contribution < -0.4 is 10.6 Å². The van der Waals surface area contributed by atoms with Crippen molar-refractivity contribution in [1.29, 1.82) is 0 Å². The van der Waals surface area contributed by atoms with Crippen LogP contribution in [0, 0.1) is 13.8 Å². The fraction of sp³-hybridized carbons (Fsp3) is 0.355. The van der Waals surface area contributed by atoms with Gasteiger partial charge in [-0.3, -0.25) is 14.5 Å². The van der Waals surface area contributed by atoms with Crippen molar-refractivity contribution in [1.82, 2.24) is 15.2 Å². The molecule has 0 aliphatic carbocycles. The molecule has 2 amide bonds. The van der Waals surface area contributed by atoms with Gasteiger partial charge < -0.3 is 15.6 Å². The molecule has 3 heterocycles. The highest BCUT2D eigenvalue weighted by atomic mass is 35.5. The van der Waals surface area contributed by atoms with Gasteiger partial charge in [0.05, 0.1) is 22.6 Å². The summed E-state index contributed by atoms with van der Waals surface area (Å²) >= 11 is 12.4. The fourth-order valence-corrected chi connectivity index (χ4v) is 7.72. The number of hydrogen-bond donors (Lipinski definition) is 3. The lowest BCUT2D eigenvalue weighted by molar-refractivity contribution is -0.120. The molecule has 2 aliphatic heterocycles. The van der Waals surface area contributed by atoms with E-state index in [-0.39, 0.29) is 38.9 Å². The number of anilines is 1. The second-order valence-corrected chi connectivity index (χ2v) is 13.8. The van der Waals surface area contributed by atoms with Gasteiger partial charge in [-0.2, -0.15) is 0 Å². The first-order chi connectivity index (χ1) is 20.4. The third-order valence-electron chi connectivity index (χ3n) is 7.98. The Labute approximate surface area is 260 Å². The molecule has 228 valence electrons. The summed E-state index contributed by atoms with van der Waals surface area (Å²) in [7, 11) is -3.84. The molecule has 1 fully saturated rings. The lowest BCUT2D eigenvalue weighted by Gasteiger charge is -2.28. The van der Waals surface area contributed by atoms with Crippen molar-refractivity contribution in [2.75, 3.05) is 31.5 Å². The molecule has 1 atom stereocenters. The minimum atomic E-state index is -3.84. The van der Waals surface area contributed by atoms with E-state index in [1.54, 1.807) is 30.3 Å². The van der Waals surface area contributed by atoms with E-state index >= 15 is 0 Å². The van der Waals surface area contributed by atoms with Gasteiger partial charge in [0.15, 0.2) is 9.84 Å². The Balaban J connectivity index is 1.33. The first-order valence-electron chi connectivity index (χ1n) is 14.1. The van der Waals surface area contributed by atoms with E-state index in [1.807, 2.05) is 18.7 Å². The first-order valence-corrected chi connectivity index (χ1v) is 16.5. The number of nitrogens with one attached hydrogen (secondary N) is 3. The SMILES string of the molecule is Cc1[nH]c(/C=C2\C(=O)Nc3ccc(S(=O)(=O)Cc4c(Cl)cccc4Cl)cc32)c(C)c1CC(=O)NCCN1CCCC(F)C1. The number of piperidine rings is 1. The van der Waals surface area contributed by atoms with Gasteiger partial charge in [-0.1, -0.05) is 29.3 Å². The molecule has 0 radical (unpaired) electrons. The van der Waals surface area contributed by atoms with Crippen LogP contribution in [-0.4, -0.2) is 62.5 Å². The lowest BCUT2D eigenvalue weighted by Crippen LogP contribution is -2.41. The Bertz CT molecular complexity index is 1700. The van der Waals surface area contributed by atoms with E-state index in [2.05, 4.69) is 15.6 Å². The van der Waals surface area contributed by atoms with Crippen LogP contribution in [0.4, 0.5) is 10.1 Å². The predicted molar refractivity (Wildman–Crippen MR) is 168 cm³/mol. The van der Waals surface area contributed by atoms with Crippen LogP contribution in [0.25, 0.3) is 11.6 Å². The topological polar surface area (TPSA) is 111 Å². The molecule has 2 aliphatic rings. The van der Waals surface area contributed by atoms with Crippen molar-refractivity contribution < 1.29 is 22.4 Å². The number of likely N-dealkylation sites (tertiary alicyclic amines) is 1. The molecule has 2 aromatic carbocycles. The van der Waals surface area contributed by atoms with E-state index in [0.29, 0.717) is 54.1 Å². The highest BCUT2D eigenvalue weighted by Gasteiger charge is 2.28. The summed E-state index contributed by atoms with van der Waals surface area (Å²) in [5.41, 5.74) is 4.64. The zero-order valence-corrected chi connectivity index (χ0v) is 26.2. The van der Waals surface area contributed by atoms with Gasteiger partial charge in [-0.05, 0) is 80.8 Å². The van der Waals surface area contributed by atoms with Crippen LogP contribution in [0.1, 0.15) is 46.5 Å². The standard InChI is InChI=1S/C31H33Cl2FN4O4S/c1-18-22(15-30(39)35-10-12-38-11-4-5-20(34)16-38)19(2)36-29(18)14-24-23-13-21(8-9-28(23)37-31(24)40)43(41,42)17-25-26(32)6-3-7-27(25)33/h3,6-9,13-14,20,36H,4-5,10-12,15-17H2,1-2H3,(H,35,39)(H,37,40)/b24-14-. The molecule has 1 aromatic heterocycles. The van der Waals surface area contributed by atoms with Crippen molar-refractivity contribution >= 4 is 62.2 Å². The summed E-state index contributed by atoms with van der Waals surface area (Å²) in [6, 6.07) is 9.30. The maximum Gasteiger partial charge on any atom is 0.256 e. The Morgan fingerprint density at radius 2 is 1.91 bits per heavy atom. The van der Waals surface area contributed by atoms with Gasteiger partial charge in [0.1, 0.15) is 6.17 Å². The molecule has 3 aromatic rings. The Morgan fingerprint density at radius 1 is 1.16 bits per heavy atom. The van der Waals surface area contributed by atoms with Crippen molar-refractivity contribution in [3.63, 3.8) is 0 Å². The molecule has 0 bridgehead atoms. The number of hydrogen-bond acceptors (Lipinski definition) is 5. The fourth-order valence-electron chi connectivity index (χ4n) is 5.60. The third-order valence-corrected chi connectivity index (χ3v) is 10.3. The number of alkyl halides is 1. The van der Waals surface area contributed by atoms with Gasteiger partial charge in [0, 0.05) is 57.9 Å². The second kappa shape index (κ2) is 12.8. The van der Waals surface area contributed by atoms with Crippen molar-refractivity contribution in [3.8, 4) is 0 Å². The van der Waals surface area contributed by atoms with Gasteiger partial charge in [0.2, 0.25) is 5.91 Å². The second-order valence-electron chi connectivity index (χ2n) is 11.0. The molecular formula is C31H33Cl2FN4O4S. The molecule has 43 heavy (non-hydrogen) atoms. The van der Waals surface area contributed by atoms with Crippen LogP contribution >= 0.6 is 23.2 Å². The van der Waals surface area contributed by atoms with Crippen molar-refractivity contribution in [2.24, 2.45) is 0 Å². The number of carbonyl (C=O) groups is 2. The Kier molecular flexibility index (Phi) is 9.31. The number of nitrogens with zero attached hydrogens (tertiary/aromatic N) is 1. The van der Waals surface area contributed by atoms with E-state index in [1.165, 1.54) is 12.1 Å². The molecule has 5 rings (SSSR count). The zero-order valence-electron chi connectivity index (χ0n) is 23.9. The molecule has 8 nitrogen and oxygen atoms in total. The number of aromatic amines is 1. The monoisotopic (exact) mass is 646 g/mol. The summed E-state index contributed by atoms with van der Waals surface area (Å²) in [4.78, 5) is 31.0. The summed E-state index contributed by atoms with van der Waals surface area (Å²) < 4.78 is 40.3. The molecule has 3 N–H and O–H groups in total. The number of carbonyl (C=O) groups excluding carboxylic acids is 2. The number of aromatic nitrogens is 1. The molecule has 0 spiro atoms. The summed E-state index contributed by atoms with van der Waals surface area (Å²) in [5, 5.41) is 6.23. The molecule has 1 unspecified atom stereocenters. The maximum atomic E-state index is 13.6. The van der Waals surface area contributed by atoms with Gasteiger partial charge in [0.25, 0.3) is 5.91 Å². The van der Waals surface area contributed by atoms with Crippen LogP contribution in [0.5, 0.6) is 0 Å². The molecule has 0 saturated carbocycles. The first kappa shape index (κ1) is 31.3. The summed E-state index contributed by atoms with van der Waals surface area (Å²) in [6.07, 6.45) is 2.44. The zero-order chi connectivity index (χ0) is 30.9. The van der Waals surface area contributed by atoms with Gasteiger partial charge in [-0.15, -0.1) is 0 Å². The van der Waals surface area contributed by atoms with Crippen LogP contribution in [-0.2, 0) is 31.6 Å². The number of H-pyrrole nitrogens is 1. The van der Waals surface area contributed by atoms with Crippen molar-refractivity contribution in [3.05, 3.63) is 80.1 Å². The van der Waals surface area contributed by atoms with Gasteiger partial charge >= 0.3 is 0 Å². The Morgan fingerprint density at radius 3 is 2.63 bits per heavy atom. The van der Waals surface area contributed by atoms with Crippen molar-refractivity contribution in [2.45, 2.75) is 49.9 Å². The van der Waals surface area contributed by atoms with E-state index in [4.69, 9.17) is 23.2 Å². The predicted octanol–water partition coefficient (Wildman–Crippen LogP) is 5.50. The van der Waals surface area contributed by atoms with Crippen LogP contribution in [0.2, 0.25) is 10.0 Å². The highest BCUT2D eigenvalue weighted by molar-refractivity contribution is 7.90. The molecule has 12 heteroatoms. The number of halogens is 3. The summed E-state index contributed by atoms with van der Waals surface area (Å²) in [6.45, 7) is 6.02. The normalized spacial score (nSPS) is 18.1. The number of fused-ring (bicyclic) bond motifs is 1. The van der Waals surface area contributed by atoms with Crippen LogP contribution in [0.3, 0.4) is 0 Å². The smallest absolute Gasteiger partial charge is 0.256 e. The van der Waals surface area contributed by atoms with E-state index in [0.717, 1.165) is 29.8 Å². The van der Waals surface area contributed by atoms with Gasteiger partial charge in [-0.25, -0.2) is 12.8 Å². The summed E-state index contributed by atoms with van der Waals surface area (Å²) in [5.74, 6) is -0.895. The minimum Gasteiger partial charge on any atom is -0.359 e. The highest BCUT2D eigenvalue weighted by Crippen LogP contribution is 2.37. The molecular weight excluding hydrogens is 614 g/mol. The number of rotatable bonds is 9. The Hall–Kier alpha value is -3.18. The number of amides is 2. The number of aryl methyl sites for hydroxylation is 1. The number of benzene rings is 2. The lowest BCUT2D eigenvalue weighted by atomic mass is 10.0. The minimum absolute atomic E-state index is 0.0352. The van der Waals surface area contributed by atoms with Crippen LogP contribution in [0.15, 0.2) is 41.3 Å². The largest absolute Gasteiger partial charge is 0.359 e. The maximum absolute atomic E-state index is 13.6.